The molecule has 2 aromatic rings. The maximum atomic E-state index is 6.02. The van der Waals surface area contributed by atoms with E-state index >= 15 is 0 Å². The van der Waals surface area contributed by atoms with Crippen LogP contribution in [0.15, 0.2) is 41.7 Å². The van der Waals surface area contributed by atoms with Crippen LogP contribution in [0.1, 0.15) is 5.56 Å². The number of nitrogens with two attached hydrogens (primary N) is 1. The highest BCUT2D eigenvalue weighted by Gasteiger charge is 2.02. The molecule has 2 heterocycles. The minimum absolute atomic E-state index is 0.648. The molecule has 0 saturated heterocycles. The number of hydrogen-bond donors (Lipinski definition) is 2. The highest BCUT2D eigenvalue weighted by atomic mass is 35.5. The number of aromatic nitrogens is 2. The largest absolute Gasteiger partial charge is 0.308 e. The number of nitrogen functional groups attached to an aromatic ring is 1. The number of thioether (sulfide) groups is 1. The summed E-state index contributed by atoms with van der Waals surface area (Å²) < 4.78 is 0. The summed E-state index contributed by atoms with van der Waals surface area (Å²) >= 11 is 7.60. The van der Waals surface area contributed by atoms with Gasteiger partial charge in [-0.25, -0.2) is 15.8 Å². The Labute approximate surface area is 109 Å². The van der Waals surface area contributed by atoms with Gasteiger partial charge in [0.1, 0.15) is 10.8 Å². The molecule has 17 heavy (non-hydrogen) atoms. The van der Waals surface area contributed by atoms with E-state index in [9.17, 15) is 0 Å². The van der Waals surface area contributed by atoms with Gasteiger partial charge >= 0.3 is 0 Å². The zero-order chi connectivity index (χ0) is 12.1. The third-order valence-electron chi connectivity index (χ3n) is 2.07. The number of nitrogens with zero attached hydrogens (tertiary/aromatic N) is 2. The summed E-state index contributed by atoms with van der Waals surface area (Å²) in [5.74, 6) is 6.72. The average molecular weight is 267 g/mol. The van der Waals surface area contributed by atoms with E-state index in [-0.39, 0.29) is 0 Å². The van der Waals surface area contributed by atoms with Crippen LogP contribution in [0.5, 0.6) is 0 Å². The van der Waals surface area contributed by atoms with Gasteiger partial charge in [-0.3, -0.25) is 0 Å². The van der Waals surface area contributed by atoms with Crippen molar-refractivity contribution in [1.29, 1.82) is 0 Å². The number of hydrogen-bond acceptors (Lipinski definition) is 5. The Morgan fingerprint density at radius 3 is 2.94 bits per heavy atom. The Hall–Kier alpha value is -1.30. The predicted molar refractivity (Wildman–Crippen MR) is 70.9 cm³/mol. The highest BCUT2D eigenvalue weighted by molar-refractivity contribution is 7.98. The summed E-state index contributed by atoms with van der Waals surface area (Å²) in [4.78, 5) is 8.25. The Balaban J connectivity index is 2.05. The van der Waals surface area contributed by atoms with Gasteiger partial charge in [-0.2, -0.15) is 0 Å². The molecule has 2 aromatic heterocycles. The standard InChI is InChI=1S/C11H11ClN4S/c12-9-2-1-4-15-11(9)17-7-8-3-5-14-10(6-8)16-13/h1-6H,7,13H2,(H,14,16). The van der Waals surface area contributed by atoms with E-state index in [2.05, 4.69) is 15.4 Å². The van der Waals surface area contributed by atoms with Gasteiger partial charge in [0, 0.05) is 18.1 Å². The summed E-state index contributed by atoms with van der Waals surface area (Å²) in [6.45, 7) is 0. The summed E-state index contributed by atoms with van der Waals surface area (Å²) in [6, 6.07) is 7.47. The fraction of sp³-hybridized carbons (Fsp3) is 0.0909. The topological polar surface area (TPSA) is 63.8 Å². The summed E-state index contributed by atoms with van der Waals surface area (Å²) in [5.41, 5.74) is 3.63. The van der Waals surface area contributed by atoms with Gasteiger partial charge in [-0.15, -0.1) is 11.8 Å². The quantitative estimate of drug-likeness (QED) is 0.506. The smallest absolute Gasteiger partial charge is 0.140 e. The second-order valence-corrected chi connectivity index (χ2v) is 4.64. The molecule has 2 rings (SSSR count). The maximum Gasteiger partial charge on any atom is 0.140 e. The van der Waals surface area contributed by atoms with Crippen molar-refractivity contribution >= 4 is 29.2 Å². The van der Waals surface area contributed by atoms with E-state index in [0.717, 1.165) is 16.3 Å². The molecule has 0 spiro atoms. The van der Waals surface area contributed by atoms with Crippen molar-refractivity contribution in [3.8, 4) is 0 Å². The lowest BCUT2D eigenvalue weighted by atomic mass is 10.3. The SMILES string of the molecule is NNc1cc(CSc2ncccc2Cl)ccn1. The van der Waals surface area contributed by atoms with Crippen molar-refractivity contribution in [1.82, 2.24) is 9.97 Å². The maximum absolute atomic E-state index is 6.02. The van der Waals surface area contributed by atoms with Crippen LogP contribution in [0.3, 0.4) is 0 Å². The van der Waals surface area contributed by atoms with E-state index in [1.165, 1.54) is 0 Å². The monoisotopic (exact) mass is 266 g/mol. The van der Waals surface area contributed by atoms with Crippen LogP contribution in [0, 0.1) is 0 Å². The van der Waals surface area contributed by atoms with Crippen molar-refractivity contribution in [2.45, 2.75) is 10.8 Å². The molecular formula is C11H11ClN4S. The molecule has 6 heteroatoms. The molecular weight excluding hydrogens is 256 g/mol. The van der Waals surface area contributed by atoms with Gasteiger partial charge in [0.25, 0.3) is 0 Å². The van der Waals surface area contributed by atoms with Gasteiger partial charge in [0.2, 0.25) is 0 Å². The second kappa shape index (κ2) is 5.86. The Morgan fingerprint density at radius 1 is 1.29 bits per heavy atom. The third kappa shape index (κ3) is 3.33. The Kier molecular flexibility index (Phi) is 4.19. The van der Waals surface area contributed by atoms with Crippen LogP contribution in [-0.4, -0.2) is 9.97 Å². The molecule has 0 atom stereocenters. The van der Waals surface area contributed by atoms with E-state index < -0.39 is 0 Å². The second-order valence-electron chi connectivity index (χ2n) is 3.27. The summed E-state index contributed by atoms with van der Waals surface area (Å²) in [6.07, 6.45) is 3.44. The molecule has 0 aliphatic carbocycles. The van der Waals surface area contributed by atoms with Crippen molar-refractivity contribution in [3.05, 3.63) is 47.2 Å². The minimum atomic E-state index is 0.648. The lowest BCUT2D eigenvalue weighted by molar-refractivity contribution is 1.13. The summed E-state index contributed by atoms with van der Waals surface area (Å²) in [5, 5.41) is 1.50. The lowest BCUT2D eigenvalue weighted by Gasteiger charge is -2.04. The normalized spacial score (nSPS) is 10.2. The molecule has 0 aliphatic rings. The molecule has 0 aliphatic heterocycles. The molecule has 0 unspecified atom stereocenters. The number of halogens is 1. The molecule has 0 amide bonds. The first-order valence-electron chi connectivity index (χ1n) is 4.94. The first kappa shape index (κ1) is 12.2. The number of anilines is 1. The molecule has 4 nitrogen and oxygen atoms in total. The molecule has 0 bridgehead atoms. The van der Waals surface area contributed by atoms with Gasteiger partial charge < -0.3 is 5.43 Å². The number of nitrogens with one attached hydrogen (secondary N) is 1. The molecule has 0 radical (unpaired) electrons. The third-order valence-corrected chi connectivity index (χ3v) is 3.57. The molecule has 88 valence electrons. The predicted octanol–water partition coefficient (Wildman–Crippen LogP) is 2.71. The molecule has 0 fully saturated rings. The lowest BCUT2D eigenvalue weighted by Crippen LogP contribution is -2.08. The van der Waals surface area contributed by atoms with E-state index in [1.54, 1.807) is 24.2 Å². The highest BCUT2D eigenvalue weighted by Crippen LogP contribution is 2.27. The van der Waals surface area contributed by atoms with Crippen molar-refractivity contribution in [2.24, 2.45) is 5.84 Å². The van der Waals surface area contributed by atoms with E-state index in [4.69, 9.17) is 17.4 Å². The van der Waals surface area contributed by atoms with Crippen molar-refractivity contribution in [3.63, 3.8) is 0 Å². The van der Waals surface area contributed by atoms with Crippen LogP contribution >= 0.6 is 23.4 Å². The molecule has 3 N–H and O–H groups in total. The van der Waals surface area contributed by atoms with Crippen LogP contribution in [0.4, 0.5) is 5.82 Å². The van der Waals surface area contributed by atoms with E-state index in [0.29, 0.717) is 10.8 Å². The summed E-state index contributed by atoms with van der Waals surface area (Å²) in [7, 11) is 0. The van der Waals surface area contributed by atoms with Gasteiger partial charge in [0.05, 0.1) is 5.02 Å². The number of pyridine rings is 2. The Morgan fingerprint density at radius 2 is 2.18 bits per heavy atom. The minimum Gasteiger partial charge on any atom is -0.308 e. The average Bonchev–Trinajstić information content (AvgIpc) is 2.38. The molecule has 0 aromatic carbocycles. The van der Waals surface area contributed by atoms with Crippen LogP contribution in [0.2, 0.25) is 5.02 Å². The van der Waals surface area contributed by atoms with Gasteiger partial charge in [-0.05, 0) is 29.8 Å². The number of rotatable bonds is 4. The van der Waals surface area contributed by atoms with Crippen molar-refractivity contribution < 1.29 is 0 Å². The zero-order valence-electron chi connectivity index (χ0n) is 8.93. The van der Waals surface area contributed by atoms with E-state index in [1.807, 2.05) is 24.3 Å². The Bertz CT molecular complexity index is 506. The van der Waals surface area contributed by atoms with Crippen LogP contribution < -0.4 is 11.3 Å². The number of hydrazine groups is 1. The first-order chi connectivity index (χ1) is 8.29. The fourth-order valence-electron chi connectivity index (χ4n) is 1.27. The first-order valence-corrected chi connectivity index (χ1v) is 6.31. The van der Waals surface area contributed by atoms with Crippen molar-refractivity contribution in [2.75, 3.05) is 5.43 Å². The van der Waals surface area contributed by atoms with Gasteiger partial charge in [0.15, 0.2) is 0 Å². The van der Waals surface area contributed by atoms with Crippen LogP contribution in [-0.2, 0) is 5.75 Å². The van der Waals surface area contributed by atoms with Crippen LogP contribution in [0.25, 0.3) is 0 Å². The van der Waals surface area contributed by atoms with Gasteiger partial charge in [-0.1, -0.05) is 11.6 Å². The zero-order valence-corrected chi connectivity index (χ0v) is 10.5. The fourth-order valence-corrected chi connectivity index (χ4v) is 2.38. The molecule has 0 saturated carbocycles.